The number of hydrogen-bond acceptors (Lipinski definition) is 5. The van der Waals surface area contributed by atoms with Crippen molar-refractivity contribution in [3.8, 4) is 11.6 Å². The molecule has 93 valence electrons. The summed E-state index contributed by atoms with van der Waals surface area (Å²) in [6.45, 7) is 3.68. The third-order valence-electron chi connectivity index (χ3n) is 2.69. The number of nitrogens with zero attached hydrogens (tertiary/aromatic N) is 3. The first-order chi connectivity index (χ1) is 9.29. The van der Waals surface area contributed by atoms with Crippen LogP contribution in [0, 0.1) is 6.07 Å². The van der Waals surface area contributed by atoms with Crippen LogP contribution in [0.5, 0.6) is 0 Å². The standard InChI is InChI=1S/C13H9N4O2/c1-2-4-8-5-3-6-9-10(18)7-11(19-12(8)9)13-14-16-17-15-13/h2-3,6-7H,1,4H2,(H,14,15,16,17). The lowest BCUT2D eigenvalue weighted by Crippen LogP contribution is -2.02. The number of benzene rings is 1. The SMILES string of the molecule is C=CCc1[c]ccc2c(=O)cc(-c3nnn[nH]3)oc12. The van der Waals surface area contributed by atoms with Gasteiger partial charge in [0.25, 0.3) is 0 Å². The molecular formula is C13H9N4O2. The van der Waals surface area contributed by atoms with Crippen LogP contribution in [0.25, 0.3) is 22.6 Å². The molecule has 0 saturated carbocycles. The number of tetrazole rings is 1. The molecular weight excluding hydrogens is 244 g/mol. The third-order valence-corrected chi connectivity index (χ3v) is 2.69. The highest BCUT2D eigenvalue weighted by molar-refractivity contribution is 5.81. The van der Waals surface area contributed by atoms with Crippen molar-refractivity contribution in [3.05, 3.63) is 52.7 Å². The summed E-state index contributed by atoms with van der Waals surface area (Å²) >= 11 is 0. The molecule has 0 unspecified atom stereocenters. The average molecular weight is 253 g/mol. The number of H-pyrrole nitrogens is 1. The molecule has 1 radical (unpaired) electrons. The van der Waals surface area contributed by atoms with Crippen molar-refractivity contribution in [2.45, 2.75) is 6.42 Å². The quantitative estimate of drug-likeness (QED) is 0.715. The fraction of sp³-hybridized carbons (Fsp3) is 0.0769. The molecule has 2 heterocycles. The molecule has 0 atom stereocenters. The Balaban J connectivity index is 2.31. The molecule has 6 nitrogen and oxygen atoms in total. The van der Waals surface area contributed by atoms with E-state index in [0.717, 1.165) is 5.56 Å². The van der Waals surface area contributed by atoms with Crippen molar-refractivity contribution in [2.24, 2.45) is 0 Å². The number of allylic oxidation sites excluding steroid dienone is 1. The molecule has 3 aromatic rings. The lowest BCUT2D eigenvalue weighted by Gasteiger charge is -2.03. The van der Waals surface area contributed by atoms with E-state index in [1.807, 2.05) is 0 Å². The summed E-state index contributed by atoms with van der Waals surface area (Å²) in [6.07, 6.45) is 2.30. The molecule has 0 aliphatic heterocycles. The van der Waals surface area contributed by atoms with E-state index >= 15 is 0 Å². The number of hydrogen-bond donors (Lipinski definition) is 1. The Hall–Kier alpha value is -2.76. The number of aromatic amines is 1. The summed E-state index contributed by atoms with van der Waals surface area (Å²) in [5.74, 6) is 0.611. The molecule has 0 aliphatic rings. The van der Waals surface area contributed by atoms with Crippen molar-refractivity contribution in [3.63, 3.8) is 0 Å². The summed E-state index contributed by atoms with van der Waals surface area (Å²) < 4.78 is 5.72. The van der Waals surface area contributed by atoms with Crippen LogP contribution in [0.2, 0.25) is 0 Å². The Morgan fingerprint density at radius 3 is 3.16 bits per heavy atom. The van der Waals surface area contributed by atoms with Crippen LogP contribution >= 0.6 is 0 Å². The molecule has 0 amide bonds. The van der Waals surface area contributed by atoms with E-state index in [4.69, 9.17) is 4.42 Å². The predicted octanol–water partition coefficient (Wildman–Crippen LogP) is 1.50. The second-order valence-electron chi connectivity index (χ2n) is 3.92. The van der Waals surface area contributed by atoms with Gasteiger partial charge in [-0.2, -0.15) is 0 Å². The van der Waals surface area contributed by atoms with Crippen LogP contribution < -0.4 is 5.43 Å². The summed E-state index contributed by atoms with van der Waals surface area (Å²) in [6, 6.07) is 7.79. The molecule has 1 N–H and O–H groups in total. The lowest BCUT2D eigenvalue weighted by atomic mass is 10.1. The zero-order chi connectivity index (χ0) is 13.2. The fourth-order valence-corrected chi connectivity index (χ4v) is 1.85. The highest BCUT2D eigenvalue weighted by Gasteiger charge is 2.11. The second kappa shape index (κ2) is 4.49. The van der Waals surface area contributed by atoms with Crippen LogP contribution in [-0.4, -0.2) is 20.6 Å². The van der Waals surface area contributed by atoms with Crippen molar-refractivity contribution < 1.29 is 4.42 Å². The topological polar surface area (TPSA) is 84.7 Å². The first kappa shape index (κ1) is 11.3. The predicted molar refractivity (Wildman–Crippen MR) is 68.4 cm³/mol. The van der Waals surface area contributed by atoms with Gasteiger partial charge in [-0.3, -0.25) is 4.79 Å². The molecule has 19 heavy (non-hydrogen) atoms. The van der Waals surface area contributed by atoms with Gasteiger partial charge in [0, 0.05) is 11.6 Å². The van der Waals surface area contributed by atoms with E-state index in [1.54, 1.807) is 18.2 Å². The smallest absolute Gasteiger partial charge is 0.215 e. The largest absolute Gasteiger partial charge is 0.452 e. The maximum Gasteiger partial charge on any atom is 0.215 e. The van der Waals surface area contributed by atoms with Gasteiger partial charge in [-0.05, 0) is 29.0 Å². The first-order valence-electron chi connectivity index (χ1n) is 5.62. The van der Waals surface area contributed by atoms with Gasteiger partial charge in [0.15, 0.2) is 11.2 Å². The summed E-state index contributed by atoms with van der Waals surface area (Å²) in [5, 5.41) is 13.7. The molecule has 6 heteroatoms. The monoisotopic (exact) mass is 253 g/mol. The highest BCUT2D eigenvalue weighted by Crippen LogP contribution is 2.21. The minimum Gasteiger partial charge on any atom is -0.452 e. The average Bonchev–Trinajstić information content (AvgIpc) is 2.94. The number of fused-ring (bicyclic) bond motifs is 1. The van der Waals surface area contributed by atoms with Crippen molar-refractivity contribution >= 4 is 11.0 Å². The molecule has 1 aromatic carbocycles. The van der Waals surface area contributed by atoms with E-state index in [9.17, 15) is 4.79 Å². The van der Waals surface area contributed by atoms with E-state index in [2.05, 4.69) is 33.3 Å². The van der Waals surface area contributed by atoms with E-state index in [0.29, 0.717) is 29.0 Å². The van der Waals surface area contributed by atoms with Gasteiger partial charge in [-0.25, -0.2) is 5.10 Å². The Bertz CT molecular complexity index is 790. The van der Waals surface area contributed by atoms with Crippen LogP contribution in [0.4, 0.5) is 0 Å². The van der Waals surface area contributed by atoms with Crippen LogP contribution in [0.1, 0.15) is 5.56 Å². The van der Waals surface area contributed by atoms with Crippen LogP contribution in [0.15, 0.2) is 40.1 Å². The highest BCUT2D eigenvalue weighted by atomic mass is 16.3. The summed E-state index contributed by atoms with van der Waals surface area (Å²) in [4.78, 5) is 12.1. The van der Waals surface area contributed by atoms with Gasteiger partial charge in [-0.15, -0.1) is 11.7 Å². The minimum absolute atomic E-state index is 0.146. The third kappa shape index (κ3) is 1.93. The number of rotatable bonds is 3. The second-order valence-corrected chi connectivity index (χ2v) is 3.92. The molecule has 0 saturated heterocycles. The lowest BCUT2D eigenvalue weighted by molar-refractivity contribution is 0.609. The Kier molecular flexibility index (Phi) is 2.68. The maximum absolute atomic E-state index is 12.1. The molecule has 2 aromatic heterocycles. The van der Waals surface area contributed by atoms with E-state index < -0.39 is 0 Å². The maximum atomic E-state index is 12.1. The van der Waals surface area contributed by atoms with E-state index in [1.165, 1.54) is 6.07 Å². The fourth-order valence-electron chi connectivity index (χ4n) is 1.85. The Morgan fingerprint density at radius 2 is 2.42 bits per heavy atom. The van der Waals surface area contributed by atoms with Gasteiger partial charge in [0.05, 0.1) is 5.39 Å². The Labute approximate surface area is 107 Å². The van der Waals surface area contributed by atoms with Crippen LogP contribution in [0.3, 0.4) is 0 Å². The number of nitrogens with one attached hydrogen (secondary N) is 1. The molecule has 0 bridgehead atoms. The first-order valence-corrected chi connectivity index (χ1v) is 5.62. The van der Waals surface area contributed by atoms with Gasteiger partial charge in [0.2, 0.25) is 5.82 Å². The van der Waals surface area contributed by atoms with Gasteiger partial charge in [0.1, 0.15) is 5.58 Å². The zero-order valence-electron chi connectivity index (χ0n) is 9.88. The van der Waals surface area contributed by atoms with Crippen LogP contribution in [-0.2, 0) is 6.42 Å². The molecule has 0 aliphatic carbocycles. The van der Waals surface area contributed by atoms with E-state index in [-0.39, 0.29) is 5.43 Å². The van der Waals surface area contributed by atoms with Gasteiger partial charge >= 0.3 is 0 Å². The van der Waals surface area contributed by atoms with Crippen molar-refractivity contribution in [2.75, 3.05) is 0 Å². The Morgan fingerprint density at radius 1 is 1.53 bits per heavy atom. The number of aromatic nitrogens is 4. The molecule has 0 spiro atoms. The van der Waals surface area contributed by atoms with Gasteiger partial charge in [-0.1, -0.05) is 12.1 Å². The molecule has 3 rings (SSSR count). The summed E-state index contributed by atoms with van der Waals surface area (Å²) in [5.41, 5.74) is 1.12. The summed E-state index contributed by atoms with van der Waals surface area (Å²) in [7, 11) is 0. The normalized spacial score (nSPS) is 10.7. The van der Waals surface area contributed by atoms with Crippen molar-refractivity contribution in [1.82, 2.24) is 20.6 Å². The molecule has 0 fully saturated rings. The van der Waals surface area contributed by atoms with Gasteiger partial charge < -0.3 is 4.42 Å². The zero-order valence-corrected chi connectivity index (χ0v) is 9.88. The minimum atomic E-state index is -0.146. The van der Waals surface area contributed by atoms with Crippen molar-refractivity contribution in [1.29, 1.82) is 0 Å².